The van der Waals surface area contributed by atoms with E-state index < -0.39 is 17.5 Å². The quantitative estimate of drug-likeness (QED) is 0.471. The Kier molecular flexibility index (Phi) is 6.85. The Balaban J connectivity index is 1.65. The lowest BCUT2D eigenvalue weighted by Gasteiger charge is -2.18. The average molecular weight is 448 g/mol. The fraction of sp³-hybridized carbons (Fsp3) is 0.130. The minimum Gasteiger partial charge on any atom is -0.309 e. The topological polar surface area (TPSA) is 37.4 Å². The maximum absolute atomic E-state index is 13.9. The Bertz CT molecular complexity index is 1100. The van der Waals surface area contributed by atoms with Gasteiger partial charge in [-0.05, 0) is 47.5 Å². The molecule has 0 heterocycles. The van der Waals surface area contributed by atoms with Gasteiger partial charge in [0.25, 0.3) is 5.91 Å². The Morgan fingerprint density at radius 1 is 0.833 bits per heavy atom. The second-order valence-electron chi connectivity index (χ2n) is 6.80. The Labute approximate surface area is 182 Å². The van der Waals surface area contributed by atoms with Gasteiger partial charge in [0.2, 0.25) is 0 Å². The van der Waals surface area contributed by atoms with Crippen LogP contribution < -0.4 is 4.90 Å². The summed E-state index contributed by atoms with van der Waals surface area (Å²) in [7, 11) is 1.41. The van der Waals surface area contributed by atoms with Crippen LogP contribution in [0.3, 0.4) is 0 Å². The molecule has 7 heteroatoms. The van der Waals surface area contributed by atoms with Gasteiger partial charge in [0.15, 0.2) is 0 Å². The van der Waals surface area contributed by atoms with Crippen molar-refractivity contribution in [1.29, 1.82) is 0 Å². The van der Waals surface area contributed by atoms with Crippen molar-refractivity contribution >= 4 is 40.6 Å². The summed E-state index contributed by atoms with van der Waals surface area (Å²) >= 11 is 11.8. The molecule has 0 aliphatic carbocycles. The SMILES string of the molecule is CN(C(=O)c1ccc(CC(=O)Cc2ccc(Cl)c(Cl)c2)cc1)c1ccc(F)cc1F. The van der Waals surface area contributed by atoms with Gasteiger partial charge in [-0.3, -0.25) is 9.59 Å². The van der Waals surface area contributed by atoms with Crippen molar-refractivity contribution < 1.29 is 18.4 Å². The molecule has 3 aromatic carbocycles. The monoisotopic (exact) mass is 447 g/mol. The van der Waals surface area contributed by atoms with Gasteiger partial charge in [0.05, 0.1) is 15.7 Å². The molecule has 1 amide bonds. The molecule has 3 nitrogen and oxygen atoms in total. The molecule has 0 N–H and O–H groups in total. The minimum atomic E-state index is -0.824. The molecular weight excluding hydrogens is 431 g/mol. The van der Waals surface area contributed by atoms with Gasteiger partial charge >= 0.3 is 0 Å². The predicted octanol–water partition coefficient (Wildman–Crippen LogP) is 5.90. The summed E-state index contributed by atoms with van der Waals surface area (Å²) in [6.45, 7) is 0. The van der Waals surface area contributed by atoms with E-state index >= 15 is 0 Å². The standard InChI is InChI=1S/C23H17Cl2F2NO2/c1-28(22-9-7-17(26)13-21(22)27)23(30)16-5-2-14(3-6-16)10-18(29)11-15-4-8-19(24)20(25)12-15/h2-9,12-13H,10-11H2,1H3. The van der Waals surface area contributed by atoms with Crippen LogP contribution in [0.4, 0.5) is 14.5 Å². The summed E-state index contributed by atoms with van der Waals surface area (Å²) in [5.74, 6) is -2.01. The van der Waals surface area contributed by atoms with Crippen molar-refractivity contribution in [3.63, 3.8) is 0 Å². The maximum atomic E-state index is 13.9. The minimum absolute atomic E-state index is 0.0158. The third-order valence-electron chi connectivity index (χ3n) is 4.56. The van der Waals surface area contributed by atoms with E-state index in [2.05, 4.69) is 0 Å². The van der Waals surface area contributed by atoms with E-state index in [0.717, 1.165) is 28.2 Å². The van der Waals surface area contributed by atoms with E-state index in [-0.39, 0.29) is 24.3 Å². The van der Waals surface area contributed by atoms with Gasteiger partial charge in [-0.15, -0.1) is 0 Å². The number of carbonyl (C=O) groups excluding carboxylic acids is 2. The van der Waals surface area contributed by atoms with E-state index in [9.17, 15) is 18.4 Å². The Hall–Kier alpha value is -2.76. The van der Waals surface area contributed by atoms with Crippen LogP contribution >= 0.6 is 23.2 Å². The molecule has 0 saturated carbocycles. The highest BCUT2D eigenvalue weighted by Crippen LogP contribution is 2.23. The molecule has 0 aliphatic heterocycles. The number of nitrogens with zero attached hydrogens (tertiary/aromatic N) is 1. The Morgan fingerprint density at radius 2 is 1.47 bits per heavy atom. The number of hydrogen-bond donors (Lipinski definition) is 0. The average Bonchev–Trinajstić information content (AvgIpc) is 2.70. The number of rotatable bonds is 6. The maximum Gasteiger partial charge on any atom is 0.258 e. The largest absolute Gasteiger partial charge is 0.309 e. The number of halogens is 4. The fourth-order valence-electron chi connectivity index (χ4n) is 2.99. The second kappa shape index (κ2) is 9.37. The van der Waals surface area contributed by atoms with Crippen LogP contribution in [0.1, 0.15) is 21.5 Å². The van der Waals surface area contributed by atoms with Gasteiger partial charge in [-0.1, -0.05) is 41.4 Å². The van der Waals surface area contributed by atoms with Crippen LogP contribution in [0, 0.1) is 11.6 Å². The summed E-state index contributed by atoms with van der Waals surface area (Å²) in [6.07, 6.45) is 0.404. The first-order valence-electron chi connectivity index (χ1n) is 9.02. The fourth-order valence-corrected chi connectivity index (χ4v) is 3.31. The van der Waals surface area contributed by atoms with Crippen molar-refractivity contribution in [2.24, 2.45) is 0 Å². The van der Waals surface area contributed by atoms with E-state index in [1.165, 1.54) is 13.1 Å². The van der Waals surface area contributed by atoms with Crippen LogP contribution in [0.2, 0.25) is 10.0 Å². The number of Topliss-reactive ketones (excluding diaryl/α,β-unsaturated/α-hetero) is 1. The molecule has 0 bridgehead atoms. The lowest BCUT2D eigenvalue weighted by atomic mass is 10.0. The number of anilines is 1. The zero-order valence-electron chi connectivity index (χ0n) is 16.0. The number of amides is 1. The van der Waals surface area contributed by atoms with Gasteiger partial charge in [0.1, 0.15) is 17.4 Å². The van der Waals surface area contributed by atoms with Crippen LogP contribution in [0.25, 0.3) is 0 Å². The second-order valence-corrected chi connectivity index (χ2v) is 7.61. The number of hydrogen-bond acceptors (Lipinski definition) is 2. The normalized spacial score (nSPS) is 10.7. The zero-order chi connectivity index (χ0) is 21.8. The van der Waals surface area contributed by atoms with E-state index in [1.807, 2.05) is 0 Å². The molecule has 0 aromatic heterocycles. The molecule has 3 rings (SSSR count). The molecular formula is C23H17Cl2F2NO2. The number of ketones is 1. The first kappa shape index (κ1) is 21.9. The van der Waals surface area contributed by atoms with Gasteiger partial charge in [0, 0.05) is 31.5 Å². The highest BCUT2D eigenvalue weighted by atomic mass is 35.5. The number of carbonyl (C=O) groups is 2. The lowest BCUT2D eigenvalue weighted by Crippen LogP contribution is -2.27. The first-order chi connectivity index (χ1) is 14.2. The predicted molar refractivity (Wildman–Crippen MR) is 114 cm³/mol. The van der Waals surface area contributed by atoms with Gasteiger partial charge in [-0.25, -0.2) is 8.78 Å². The molecule has 0 spiro atoms. The lowest BCUT2D eigenvalue weighted by molar-refractivity contribution is -0.117. The van der Waals surface area contributed by atoms with Crippen molar-refractivity contribution in [1.82, 2.24) is 0 Å². The Morgan fingerprint density at radius 3 is 2.10 bits per heavy atom. The van der Waals surface area contributed by atoms with Crippen molar-refractivity contribution in [3.8, 4) is 0 Å². The van der Waals surface area contributed by atoms with E-state index in [0.29, 0.717) is 15.6 Å². The summed E-state index contributed by atoms with van der Waals surface area (Å²) in [6, 6.07) is 14.6. The molecule has 0 fully saturated rings. The molecule has 3 aromatic rings. The highest BCUT2D eigenvalue weighted by Gasteiger charge is 2.17. The molecule has 154 valence electrons. The molecule has 0 aliphatic rings. The van der Waals surface area contributed by atoms with Crippen LogP contribution in [0.5, 0.6) is 0 Å². The van der Waals surface area contributed by atoms with Gasteiger partial charge < -0.3 is 4.90 Å². The summed E-state index contributed by atoms with van der Waals surface area (Å²) in [5.41, 5.74) is 1.81. The molecule has 0 saturated heterocycles. The molecule has 30 heavy (non-hydrogen) atoms. The van der Waals surface area contributed by atoms with Crippen LogP contribution in [0.15, 0.2) is 60.7 Å². The zero-order valence-corrected chi connectivity index (χ0v) is 17.5. The van der Waals surface area contributed by atoms with Crippen LogP contribution in [-0.2, 0) is 17.6 Å². The summed E-state index contributed by atoms with van der Waals surface area (Å²) in [5, 5.41) is 0.824. The molecule has 0 radical (unpaired) electrons. The molecule has 0 atom stereocenters. The third kappa shape index (κ3) is 5.23. The summed E-state index contributed by atoms with van der Waals surface area (Å²) in [4.78, 5) is 26.0. The van der Waals surface area contributed by atoms with E-state index in [4.69, 9.17) is 23.2 Å². The first-order valence-corrected chi connectivity index (χ1v) is 9.78. The van der Waals surface area contributed by atoms with Crippen LogP contribution in [-0.4, -0.2) is 18.7 Å². The van der Waals surface area contributed by atoms with Crippen molar-refractivity contribution in [2.45, 2.75) is 12.8 Å². The van der Waals surface area contributed by atoms with Crippen molar-refractivity contribution in [2.75, 3.05) is 11.9 Å². The van der Waals surface area contributed by atoms with E-state index in [1.54, 1.807) is 42.5 Å². The smallest absolute Gasteiger partial charge is 0.258 e. The summed E-state index contributed by atoms with van der Waals surface area (Å²) < 4.78 is 27.0. The number of benzene rings is 3. The molecule has 0 unspecified atom stereocenters. The van der Waals surface area contributed by atoms with Crippen molar-refractivity contribution in [3.05, 3.63) is 99.0 Å². The highest BCUT2D eigenvalue weighted by molar-refractivity contribution is 6.42. The third-order valence-corrected chi connectivity index (χ3v) is 5.30. The van der Waals surface area contributed by atoms with Gasteiger partial charge in [-0.2, -0.15) is 0 Å².